The van der Waals surface area contributed by atoms with Crippen LogP contribution in [0.3, 0.4) is 0 Å². The van der Waals surface area contributed by atoms with Crippen molar-refractivity contribution in [3.05, 3.63) is 75.3 Å². The van der Waals surface area contributed by atoms with Gasteiger partial charge in [-0.25, -0.2) is 0 Å². The first-order valence-electron chi connectivity index (χ1n) is 7.85. The number of primary amides is 1. The number of fused-ring (bicyclic) bond motifs is 1. The first kappa shape index (κ1) is 16.6. The molecule has 2 aromatic carbocycles. The van der Waals surface area contributed by atoms with Crippen molar-refractivity contribution in [1.29, 1.82) is 0 Å². The van der Waals surface area contributed by atoms with E-state index >= 15 is 0 Å². The van der Waals surface area contributed by atoms with E-state index in [2.05, 4.69) is 0 Å². The molecule has 3 rings (SSSR count). The molecule has 128 valence electrons. The number of nitrogens with two attached hydrogens (primary N) is 1. The monoisotopic (exact) mass is 339 g/mol. The van der Waals surface area contributed by atoms with Crippen LogP contribution in [-0.4, -0.2) is 27.7 Å². The van der Waals surface area contributed by atoms with Crippen LogP contribution in [0.4, 0.5) is 5.69 Å². The highest BCUT2D eigenvalue weighted by Crippen LogP contribution is 2.25. The highest BCUT2D eigenvalue weighted by atomic mass is 16.6. The SMILES string of the molecule is NC(=O)C1Cc2ccccc2CN1C(=O)Cc1ccccc1[N+](=O)[O-]. The Labute approximate surface area is 144 Å². The zero-order valence-corrected chi connectivity index (χ0v) is 13.4. The van der Waals surface area contributed by atoms with Gasteiger partial charge in [0.25, 0.3) is 5.69 Å². The summed E-state index contributed by atoms with van der Waals surface area (Å²) in [4.78, 5) is 36.6. The molecular formula is C18H17N3O4. The van der Waals surface area contributed by atoms with Crippen molar-refractivity contribution >= 4 is 17.5 Å². The molecule has 1 heterocycles. The van der Waals surface area contributed by atoms with E-state index in [1.807, 2.05) is 24.3 Å². The lowest BCUT2D eigenvalue weighted by molar-refractivity contribution is -0.385. The highest BCUT2D eigenvalue weighted by Gasteiger charge is 2.33. The van der Waals surface area contributed by atoms with Gasteiger partial charge in [-0.15, -0.1) is 0 Å². The van der Waals surface area contributed by atoms with E-state index in [0.29, 0.717) is 12.0 Å². The molecule has 2 amide bonds. The van der Waals surface area contributed by atoms with Crippen LogP contribution in [0.1, 0.15) is 16.7 Å². The fourth-order valence-corrected chi connectivity index (χ4v) is 3.14. The minimum Gasteiger partial charge on any atom is -0.368 e. The average molecular weight is 339 g/mol. The van der Waals surface area contributed by atoms with Crippen LogP contribution < -0.4 is 5.73 Å². The minimum atomic E-state index is -0.745. The van der Waals surface area contributed by atoms with Crippen LogP contribution in [0.2, 0.25) is 0 Å². The molecule has 1 atom stereocenters. The lowest BCUT2D eigenvalue weighted by Gasteiger charge is -2.35. The van der Waals surface area contributed by atoms with Crippen molar-refractivity contribution in [1.82, 2.24) is 4.90 Å². The maximum atomic E-state index is 12.8. The average Bonchev–Trinajstić information content (AvgIpc) is 2.60. The van der Waals surface area contributed by atoms with E-state index in [9.17, 15) is 19.7 Å². The van der Waals surface area contributed by atoms with Gasteiger partial charge in [0, 0.05) is 24.6 Å². The third-order valence-electron chi connectivity index (χ3n) is 4.43. The second-order valence-corrected chi connectivity index (χ2v) is 5.98. The lowest BCUT2D eigenvalue weighted by atomic mass is 9.93. The summed E-state index contributed by atoms with van der Waals surface area (Å²) in [6.45, 7) is 0.267. The zero-order valence-electron chi connectivity index (χ0n) is 13.4. The number of amides is 2. The molecule has 2 aromatic rings. The Hall–Kier alpha value is -3.22. The molecule has 0 saturated carbocycles. The Morgan fingerprint density at radius 3 is 2.44 bits per heavy atom. The number of carbonyl (C=O) groups is 2. The van der Waals surface area contributed by atoms with E-state index in [1.165, 1.54) is 11.0 Å². The quantitative estimate of drug-likeness (QED) is 0.674. The predicted molar refractivity (Wildman–Crippen MR) is 90.5 cm³/mol. The van der Waals surface area contributed by atoms with Crippen molar-refractivity contribution in [3.63, 3.8) is 0 Å². The van der Waals surface area contributed by atoms with Crippen LogP contribution in [0.15, 0.2) is 48.5 Å². The lowest BCUT2D eigenvalue weighted by Crippen LogP contribution is -2.51. The van der Waals surface area contributed by atoms with Crippen molar-refractivity contribution in [2.45, 2.75) is 25.4 Å². The Bertz CT molecular complexity index is 850. The fourth-order valence-electron chi connectivity index (χ4n) is 3.14. The van der Waals surface area contributed by atoms with Gasteiger partial charge in [0.05, 0.1) is 11.3 Å². The van der Waals surface area contributed by atoms with Crippen LogP contribution in [0.5, 0.6) is 0 Å². The second-order valence-electron chi connectivity index (χ2n) is 5.98. The van der Waals surface area contributed by atoms with E-state index < -0.39 is 16.9 Å². The van der Waals surface area contributed by atoms with Crippen LogP contribution >= 0.6 is 0 Å². The van der Waals surface area contributed by atoms with Crippen molar-refractivity contribution in [2.75, 3.05) is 0 Å². The maximum Gasteiger partial charge on any atom is 0.273 e. The number of hydrogen-bond acceptors (Lipinski definition) is 4. The number of hydrogen-bond donors (Lipinski definition) is 1. The molecule has 7 heteroatoms. The molecule has 7 nitrogen and oxygen atoms in total. The van der Waals surface area contributed by atoms with Gasteiger partial charge in [-0.3, -0.25) is 19.7 Å². The number of nitro groups is 1. The number of benzene rings is 2. The summed E-state index contributed by atoms with van der Waals surface area (Å²) in [6.07, 6.45) is 0.206. The first-order chi connectivity index (χ1) is 12.0. The van der Waals surface area contributed by atoms with E-state index in [1.54, 1.807) is 18.2 Å². The summed E-state index contributed by atoms with van der Waals surface area (Å²) < 4.78 is 0. The van der Waals surface area contributed by atoms with Gasteiger partial charge in [0.1, 0.15) is 6.04 Å². The summed E-state index contributed by atoms with van der Waals surface area (Å²) in [5.74, 6) is -0.932. The number of para-hydroxylation sites is 1. The standard InChI is InChI=1S/C18H17N3O4/c19-18(23)16-9-12-5-1-2-7-14(12)11-20(16)17(22)10-13-6-3-4-8-15(13)21(24)25/h1-8,16H,9-11H2,(H2,19,23). The van der Waals surface area contributed by atoms with Gasteiger partial charge in [0.2, 0.25) is 11.8 Å². The smallest absolute Gasteiger partial charge is 0.273 e. The summed E-state index contributed by atoms with van der Waals surface area (Å²) in [7, 11) is 0. The van der Waals surface area contributed by atoms with Crippen LogP contribution in [-0.2, 0) is 29.0 Å². The Balaban J connectivity index is 1.88. The van der Waals surface area contributed by atoms with Crippen molar-refractivity contribution in [3.8, 4) is 0 Å². The fraction of sp³-hybridized carbons (Fsp3) is 0.222. The highest BCUT2D eigenvalue weighted by molar-refractivity contribution is 5.88. The maximum absolute atomic E-state index is 12.8. The predicted octanol–water partition coefficient (Wildman–Crippen LogP) is 1.58. The van der Waals surface area contributed by atoms with Gasteiger partial charge in [-0.05, 0) is 11.1 Å². The molecule has 1 aliphatic rings. The molecule has 1 aliphatic heterocycles. The molecule has 0 aromatic heterocycles. The Morgan fingerprint density at radius 2 is 1.76 bits per heavy atom. The summed E-state index contributed by atoms with van der Waals surface area (Å²) in [5, 5.41) is 11.1. The van der Waals surface area contributed by atoms with Crippen molar-refractivity contribution < 1.29 is 14.5 Å². The van der Waals surface area contributed by atoms with Gasteiger partial charge < -0.3 is 10.6 Å². The molecular weight excluding hydrogens is 322 g/mol. The molecule has 0 radical (unpaired) electrons. The third kappa shape index (κ3) is 3.35. The third-order valence-corrected chi connectivity index (χ3v) is 4.43. The number of rotatable bonds is 4. The Morgan fingerprint density at radius 1 is 1.12 bits per heavy atom. The number of nitro benzene ring substituents is 1. The molecule has 1 unspecified atom stereocenters. The molecule has 0 bridgehead atoms. The van der Waals surface area contributed by atoms with E-state index in [0.717, 1.165) is 11.1 Å². The molecule has 0 aliphatic carbocycles. The largest absolute Gasteiger partial charge is 0.368 e. The Kier molecular flexibility index (Phi) is 4.47. The molecule has 0 spiro atoms. The normalized spacial score (nSPS) is 16.2. The van der Waals surface area contributed by atoms with E-state index in [-0.39, 0.29) is 24.6 Å². The molecule has 2 N–H and O–H groups in total. The topological polar surface area (TPSA) is 107 Å². The number of carbonyl (C=O) groups excluding carboxylic acids is 2. The summed E-state index contributed by atoms with van der Waals surface area (Å²) in [5.41, 5.74) is 7.64. The van der Waals surface area contributed by atoms with Gasteiger partial charge in [-0.2, -0.15) is 0 Å². The van der Waals surface area contributed by atoms with Crippen molar-refractivity contribution in [2.24, 2.45) is 5.73 Å². The zero-order chi connectivity index (χ0) is 18.0. The van der Waals surface area contributed by atoms with Gasteiger partial charge >= 0.3 is 0 Å². The van der Waals surface area contributed by atoms with E-state index in [4.69, 9.17) is 5.73 Å². The summed E-state index contributed by atoms with van der Waals surface area (Å²) in [6, 6.07) is 12.9. The van der Waals surface area contributed by atoms with Gasteiger partial charge in [-0.1, -0.05) is 42.5 Å². The first-order valence-corrected chi connectivity index (χ1v) is 7.85. The molecule has 0 fully saturated rings. The van der Waals surface area contributed by atoms with Crippen LogP contribution in [0, 0.1) is 10.1 Å². The second kappa shape index (κ2) is 6.72. The minimum absolute atomic E-state index is 0.108. The summed E-state index contributed by atoms with van der Waals surface area (Å²) >= 11 is 0. The molecule has 25 heavy (non-hydrogen) atoms. The molecule has 0 saturated heterocycles. The van der Waals surface area contributed by atoms with Gasteiger partial charge in [0.15, 0.2) is 0 Å². The number of nitrogens with zero attached hydrogens (tertiary/aromatic N) is 2. The van der Waals surface area contributed by atoms with Crippen LogP contribution in [0.25, 0.3) is 0 Å².